The lowest BCUT2D eigenvalue weighted by Crippen LogP contribution is -2.39. The Morgan fingerprint density at radius 3 is 2.10 bits per heavy atom. The molecule has 2 fully saturated rings. The molecule has 226 valence electrons. The summed E-state index contributed by atoms with van der Waals surface area (Å²) in [6.07, 6.45) is 18.3. The average molecular weight is 599 g/mol. The number of nitrogens with zero attached hydrogens (tertiary/aromatic N) is 4. The quantitative estimate of drug-likeness (QED) is 0.109. The molecule has 0 radical (unpaired) electrons. The van der Waals surface area contributed by atoms with Gasteiger partial charge in [-0.25, -0.2) is 0 Å². The summed E-state index contributed by atoms with van der Waals surface area (Å²) in [4.78, 5) is 31.6. The topological polar surface area (TPSA) is 69.3 Å². The highest BCUT2D eigenvalue weighted by Gasteiger charge is 2.33. The van der Waals surface area contributed by atoms with E-state index in [0.29, 0.717) is 33.8 Å². The highest BCUT2D eigenvalue weighted by atomic mass is 32.2. The van der Waals surface area contributed by atoms with Gasteiger partial charge in [-0.15, -0.1) is 0 Å². The van der Waals surface area contributed by atoms with Crippen LogP contribution in [0.15, 0.2) is 9.70 Å². The van der Waals surface area contributed by atoms with Crippen molar-refractivity contribution in [2.24, 2.45) is 5.92 Å². The number of anilines is 1. The number of hydrogen-bond donors (Lipinski definition) is 0. The van der Waals surface area contributed by atoms with Gasteiger partial charge >= 0.3 is 0 Å². The highest BCUT2D eigenvalue weighted by Crippen LogP contribution is 2.37. The van der Waals surface area contributed by atoms with Crippen LogP contribution in [-0.4, -0.2) is 39.3 Å². The first kappa shape index (κ1) is 33.4. The lowest BCUT2D eigenvalue weighted by atomic mass is 9.97. The number of hydrogen-bond acceptors (Lipinski definition) is 6. The third-order valence-corrected chi connectivity index (χ3v) is 9.93. The maximum atomic E-state index is 13.5. The van der Waals surface area contributed by atoms with E-state index in [2.05, 4.69) is 31.7 Å². The summed E-state index contributed by atoms with van der Waals surface area (Å²) in [6, 6.07) is 2.16. The van der Waals surface area contributed by atoms with Gasteiger partial charge in [0.1, 0.15) is 21.8 Å². The van der Waals surface area contributed by atoms with Crippen LogP contribution in [0.1, 0.15) is 127 Å². The van der Waals surface area contributed by atoms with E-state index in [1.165, 1.54) is 63.1 Å². The van der Waals surface area contributed by atoms with Crippen LogP contribution in [0.5, 0.6) is 0 Å². The molecule has 3 heterocycles. The smallest absolute Gasteiger partial charge is 0.270 e. The number of piperidine rings is 1. The van der Waals surface area contributed by atoms with E-state index in [1.54, 1.807) is 9.47 Å². The van der Waals surface area contributed by atoms with E-state index < -0.39 is 0 Å². The second-order valence-corrected chi connectivity index (χ2v) is 13.5. The summed E-state index contributed by atoms with van der Waals surface area (Å²) in [5, 5.41) is 9.93. The summed E-state index contributed by atoms with van der Waals surface area (Å²) in [7, 11) is 0. The minimum atomic E-state index is -0.224. The van der Waals surface area contributed by atoms with Gasteiger partial charge in [-0.3, -0.25) is 19.1 Å². The molecule has 0 aliphatic carbocycles. The van der Waals surface area contributed by atoms with Crippen molar-refractivity contribution >= 4 is 46.1 Å². The number of carbonyl (C=O) groups excluding carboxylic acids is 1. The van der Waals surface area contributed by atoms with Gasteiger partial charge < -0.3 is 4.90 Å². The summed E-state index contributed by atoms with van der Waals surface area (Å²) < 4.78 is 2.39. The highest BCUT2D eigenvalue weighted by molar-refractivity contribution is 8.26. The SMILES string of the molecule is CCCCCCCCCCCCN1C(=O)/C(=C\c2c(C)c(C#N)c(=O)n(CCCC)c2N2CCC(C)CC2)SC1=S. The second-order valence-electron chi connectivity index (χ2n) is 11.8. The monoisotopic (exact) mass is 598 g/mol. The van der Waals surface area contributed by atoms with Crippen LogP contribution >= 0.6 is 24.0 Å². The first-order valence-electron chi connectivity index (χ1n) is 16.0. The number of thiocarbonyl (C=S) groups is 1. The number of aromatic nitrogens is 1. The third kappa shape index (κ3) is 8.94. The van der Waals surface area contributed by atoms with E-state index in [1.807, 2.05) is 13.0 Å². The summed E-state index contributed by atoms with van der Waals surface area (Å²) in [5.74, 6) is 1.44. The molecule has 0 bridgehead atoms. The number of thioether (sulfide) groups is 1. The molecule has 2 aliphatic rings. The van der Waals surface area contributed by atoms with Gasteiger partial charge in [0.25, 0.3) is 11.5 Å². The molecule has 0 atom stereocenters. The predicted molar refractivity (Wildman–Crippen MR) is 177 cm³/mol. The maximum absolute atomic E-state index is 13.5. The van der Waals surface area contributed by atoms with E-state index in [4.69, 9.17) is 12.2 Å². The minimum Gasteiger partial charge on any atom is -0.357 e. The number of nitriles is 1. The molecule has 3 rings (SSSR count). The summed E-state index contributed by atoms with van der Waals surface area (Å²) in [6.45, 7) is 11.4. The van der Waals surface area contributed by atoms with Crippen LogP contribution in [0.25, 0.3) is 6.08 Å². The van der Waals surface area contributed by atoms with Crippen LogP contribution in [0.3, 0.4) is 0 Å². The van der Waals surface area contributed by atoms with Gasteiger partial charge in [0, 0.05) is 31.7 Å². The molecule has 0 saturated carbocycles. The summed E-state index contributed by atoms with van der Waals surface area (Å²) >= 11 is 6.99. The van der Waals surface area contributed by atoms with Gasteiger partial charge in [-0.2, -0.15) is 5.26 Å². The molecule has 41 heavy (non-hydrogen) atoms. The Morgan fingerprint density at radius 1 is 0.927 bits per heavy atom. The number of unbranched alkanes of at least 4 members (excludes halogenated alkanes) is 10. The van der Waals surface area contributed by atoms with Crippen LogP contribution in [0.2, 0.25) is 0 Å². The number of amides is 1. The molecule has 1 aromatic rings. The van der Waals surface area contributed by atoms with Crippen LogP contribution < -0.4 is 10.5 Å². The zero-order valence-corrected chi connectivity index (χ0v) is 27.4. The fourth-order valence-electron chi connectivity index (χ4n) is 5.81. The molecule has 2 aliphatic heterocycles. The van der Waals surface area contributed by atoms with Gasteiger partial charge in [0.15, 0.2) is 0 Å². The molecule has 0 unspecified atom stereocenters. The zero-order chi connectivity index (χ0) is 29.8. The first-order valence-corrected chi connectivity index (χ1v) is 17.2. The largest absolute Gasteiger partial charge is 0.357 e. The van der Waals surface area contributed by atoms with Crippen molar-refractivity contribution in [2.45, 2.75) is 124 Å². The Hall–Kier alpha value is -2.11. The van der Waals surface area contributed by atoms with Crippen LogP contribution in [-0.2, 0) is 11.3 Å². The van der Waals surface area contributed by atoms with E-state index in [9.17, 15) is 14.9 Å². The van der Waals surface area contributed by atoms with Gasteiger partial charge in [0.05, 0.1) is 4.91 Å². The standard InChI is InChI=1S/C33H50N4O2S2/c1-5-7-9-10-11-12-13-14-15-16-20-37-32(39)29(41-33(37)40)23-27-26(4)28(24-34)31(38)36(19-8-6-2)30(27)35-21-17-25(3)18-22-35/h23,25H,5-22H2,1-4H3/b29-23+. The molecule has 1 amide bonds. The normalized spacial score (nSPS) is 17.2. The van der Waals surface area contributed by atoms with Crippen molar-refractivity contribution in [3.63, 3.8) is 0 Å². The molecular formula is C33H50N4O2S2. The fourth-order valence-corrected chi connectivity index (χ4v) is 7.10. The molecular weight excluding hydrogens is 549 g/mol. The molecule has 6 nitrogen and oxygen atoms in total. The van der Waals surface area contributed by atoms with Gasteiger partial charge in [0.2, 0.25) is 0 Å². The number of rotatable bonds is 16. The maximum Gasteiger partial charge on any atom is 0.270 e. The Balaban J connectivity index is 1.77. The van der Waals surface area contributed by atoms with E-state index in [-0.39, 0.29) is 17.0 Å². The molecule has 1 aromatic heterocycles. The average Bonchev–Trinajstić information content (AvgIpc) is 3.23. The Labute approximate surface area is 257 Å². The minimum absolute atomic E-state index is 0.0571. The Kier molecular flexibility index (Phi) is 13.9. The van der Waals surface area contributed by atoms with Crippen molar-refractivity contribution in [3.05, 3.63) is 31.9 Å². The van der Waals surface area contributed by atoms with E-state index >= 15 is 0 Å². The van der Waals surface area contributed by atoms with Crippen molar-refractivity contribution < 1.29 is 4.79 Å². The van der Waals surface area contributed by atoms with Crippen molar-refractivity contribution in [1.29, 1.82) is 5.26 Å². The van der Waals surface area contributed by atoms with Gasteiger partial charge in [-0.1, -0.05) is 109 Å². The fraction of sp³-hybridized carbons (Fsp3) is 0.697. The lowest BCUT2D eigenvalue weighted by Gasteiger charge is -2.35. The number of pyridine rings is 1. The summed E-state index contributed by atoms with van der Waals surface area (Å²) in [5.41, 5.74) is 1.41. The molecule has 8 heteroatoms. The lowest BCUT2D eigenvalue weighted by molar-refractivity contribution is -0.122. The molecule has 0 aromatic carbocycles. The molecule has 2 saturated heterocycles. The van der Waals surface area contributed by atoms with E-state index in [0.717, 1.165) is 63.0 Å². The van der Waals surface area contributed by atoms with Crippen LogP contribution in [0.4, 0.5) is 5.82 Å². The Morgan fingerprint density at radius 2 is 1.51 bits per heavy atom. The van der Waals surface area contributed by atoms with Crippen molar-refractivity contribution in [2.75, 3.05) is 24.5 Å². The van der Waals surface area contributed by atoms with Crippen molar-refractivity contribution in [1.82, 2.24) is 9.47 Å². The van der Waals surface area contributed by atoms with Crippen molar-refractivity contribution in [3.8, 4) is 6.07 Å². The molecule has 0 N–H and O–H groups in total. The zero-order valence-electron chi connectivity index (χ0n) is 25.8. The Bertz CT molecular complexity index is 1180. The second kappa shape index (κ2) is 17.1. The first-order chi connectivity index (χ1) is 19.8. The van der Waals surface area contributed by atoms with Crippen LogP contribution in [0, 0.1) is 24.2 Å². The molecule has 0 spiro atoms. The number of carbonyl (C=O) groups is 1. The van der Waals surface area contributed by atoms with Gasteiger partial charge in [-0.05, 0) is 50.2 Å². The predicted octanol–water partition coefficient (Wildman–Crippen LogP) is 8.19. The third-order valence-electron chi connectivity index (χ3n) is 8.55.